The van der Waals surface area contributed by atoms with E-state index < -0.39 is 0 Å². The van der Waals surface area contributed by atoms with Gasteiger partial charge in [0.05, 0.1) is 0 Å². The van der Waals surface area contributed by atoms with E-state index in [0.717, 1.165) is 12.5 Å². The first-order valence-electron chi connectivity index (χ1n) is 9.74. The van der Waals surface area contributed by atoms with E-state index in [1.165, 1.54) is 11.1 Å². The maximum atomic E-state index is 11.9. The summed E-state index contributed by atoms with van der Waals surface area (Å²) in [6.07, 6.45) is 0. The highest BCUT2D eigenvalue weighted by molar-refractivity contribution is 14.0. The molecular formula is C23H33IN4O. The summed E-state index contributed by atoms with van der Waals surface area (Å²) in [7, 11) is 1.75. The average molecular weight is 508 g/mol. The monoisotopic (exact) mass is 508 g/mol. The summed E-state index contributed by atoms with van der Waals surface area (Å²) >= 11 is 0. The van der Waals surface area contributed by atoms with Gasteiger partial charge in [0, 0.05) is 38.0 Å². The molecule has 0 fully saturated rings. The molecule has 2 rings (SSSR count). The maximum Gasteiger partial charge on any atom is 0.225 e. The smallest absolute Gasteiger partial charge is 0.225 e. The van der Waals surface area contributed by atoms with E-state index in [1.807, 2.05) is 32.9 Å². The van der Waals surface area contributed by atoms with Gasteiger partial charge in [-0.25, -0.2) is 0 Å². The van der Waals surface area contributed by atoms with Crippen LogP contribution in [0.5, 0.6) is 0 Å². The third-order valence-electron chi connectivity index (χ3n) is 4.49. The van der Waals surface area contributed by atoms with Crippen molar-refractivity contribution in [1.82, 2.24) is 16.0 Å². The maximum absolute atomic E-state index is 11.9. The average Bonchev–Trinajstić information content (AvgIpc) is 2.70. The highest BCUT2D eigenvalue weighted by Gasteiger charge is 2.20. The Morgan fingerprint density at radius 1 is 0.862 bits per heavy atom. The van der Waals surface area contributed by atoms with Crippen LogP contribution in [-0.4, -0.2) is 38.5 Å². The van der Waals surface area contributed by atoms with Crippen LogP contribution in [0.1, 0.15) is 37.8 Å². The van der Waals surface area contributed by atoms with E-state index in [-0.39, 0.29) is 41.2 Å². The van der Waals surface area contributed by atoms with Gasteiger partial charge < -0.3 is 16.0 Å². The summed E-state index contributed by atoms with van der Waals surface area (Å²) in [5.74, 6) is 0.994. The van der Waals surface area contributed by atoms with E-state index in [0.29, 0.717) is 13.1 Å². The molecule has 29 heavy (non-hydrogen) atoms. The number of hydrogen-bond donors (Lipinski definition) is 3. The van der Waals surface area contributed by atoms with E-state index in [9.17, 15) is 4.79 Å². The van der Waals surface area contributed by atoms with Gasteiger partial charge >= 0.3 is 0 Å². The molecule has 0 aliphatic rings. The number of benzene rings is 2. The Labute approximate surface area is 191 Å². The molecule has 6 heteroatoms. The summed E-state index contributed by atoms with van der Waals surface area (Å²) in [5.41, 5.74) is 2.14. The van der Waals surface area contributed by atoms with Crippen LogP contribution in [0.4, 0.5) is 0 Å². The lowest BCUT2D eigenvalue weighted by atomic mass is 9.91. The standard InChI is InChI=1S/C23H32N4O.HI/c1-23(2,3)21(28)25-15-16-26-22(24-4)27-17-20(18-11-7-5-8-12-18)19-13-9-6-10-14-19;/h5-14,20H,15-17H2,1-4H3,(H,25,28)(H2,24,26,27);1H. The molecular weight excluding hydrogens is 475 g/mol. The highest BCUT2D eigenvalue weighted by Crippen LogP contribution is 2.23. The number of carbonyl (C=O) groups excluding carboxylic acids is 1. The third kappa shape index (κ3) is 8.43. The van der Waals surface area contributed by atoms with Crippen LogP contribution in [-0.2, 0) is 4.79 Å². The Morgan fingerprint density at radius 2 is 1.34 bits per heavy atom. The second kappa shape index (κ2) is 12.5. The minimum absolute atomic E-state index is 0. The molecule has 3 N–H and O–H groups in total. The van der Waals surface area contributed by atoms with Gasteiger partial charge in [-0.05, 0) is 11.1 Å². The summed E-state index contributed by atoms with van der Waals surface area (Å²) < 4.78 is 0. The quantitative estimate of drug-likeness (QED) is 0.231. The molecule has 5 nitrogen and oxygen atoms in total. The zero-order valence-electron chi connectivity index (χ0n) is 17.7. The normalized spacial score (nSPS) is 11.6. The van der Waals surface area contributed by atoms with Gasteiger partial charge in [-0.15, -0.1) is 24.0 Å². The molecule has 2 aromatic carbocycles. The topological polar surface area (TPSA) is 65.5 Å². The first kappa shape index (κ1) is 24.9. The van der Waals surface area contributed by atoms with Crippen molar-refractivity contribution in [2.45, 2.75) is 26.7 Å². The Hall–Kier alpha value is -2.09. The lowest BCUT2D eigenvalue weighted by molar-refractivity contribution is -0.128. The third-order valence-corrected chi connectivity index (χ3v) is 4.49. The van der Waals surface area contributed by atoms with E-state index in [2.05, 4.69) is 69.5 Å². The second-order valence-corrected chi connectivity index (χ2v) is 7.76. The molecule has 0 saturated carbocycles. The number of amides is 1. The van der Waals surface area contributed by atoms with Crippen LogP contribution >= 0.6 is 24.0 Å². The van der Waals surface area contributed by atoms with Crippen LogP contribution in [0.15, 0.2) is 65.7 Å². The van der Waals surface area contributed by atoms with Crippen molar-refractivity contribution in [3.8, 4) is 0 Å². The summed E-state index contributed by atoms with van der Waals surface area (Å²) in [5, 5.41) is 9.60. The van der Waals surface area contributed by atoms with Gasteiger partial charge in [0.2, 0.25) is 5.91 Å². The van der Waals surface area contributed by atoms with Crippen LogP contribution in [0.25, 0.3) is 0 Å². The molecule has 0 spiro atoms. The molecule has 0 unspecified atom stereocenters. The lowest BCUT2D eigenvalue weighted by Crippen LogP contribution is -2.44. The van der Waals surface area contributed by atoms with Gasteiger partial charge in [-0.3, -0.25) is 9.79 Å². The van der Waals surface area contributed by atoms with E-state index in [4.69, 9.17) is 0 Å². The molecule has 1 amide bonds. The Morgan fingerprint density at radius 3 is 1.79 bits per heavy atom. The molecule has 158 valence electrons. The van der Waals surface area contributed by atoms with Crippen LogP contribution < -0.4 is 16.0 Å². The number of aliphatic imine (C=N–C) groups is 1. The van der Waals surface area contributed by atoms with Crippen molar-refractivity contribution in [2.75, 3.05) is 26.7 Å². The Balaban J connectivity index is 0.00000420. The number of hydrogen-bond acceptors (Lipinski definition) is 2. The zero-order chi connectivity index (χ0) is 20.4. The lowest BCUT2D eigenvalue weighted by Gasteiger charge is -2.21. The fraction of sp³-hybridized carbons (Fsp3) is 0.391. The van der Waals surface area contributed by atoms with Gasteiger partial charge in [0.15, 0.2) is 5.96 Å². The van der Waals surface area contributed by atoms with Crippen molar-refractivity contribution in [2.24, 2.45) is 10.4 Å². The van der Waals surface area contributed by atoms with Crippen molar-refractivity contribution in [1.29, 1.82) is 0 Å². The second-order valence-electron chi connectivity index (χ2n) is 7.76. The molecule has 0 radical (unpaired) electrons. The van der Waals surface area contributed by atoms with Crippen molar-refractivity contribution < 1.29 is 4.79 Å². The van der Waals surface area contributed by atoms with Gasteiger partial charge in [-0.2, -0.15) is 0 Å². The minimum Gasteiger partial charge on any atom is -0.355 e. The number of guanidine groups is 1. The SMILES string of the molecule is CN=C(NCCNC(=O)C(C)(C)C)NCC(c1ccccc1)c1ccccc1.I. The van der Waals surface area contributed by atoms with E-state index in [1.54, 1.807) is 7.05 Å². The Bertz CT molecular complexity index is 718. The first-order valence-corrected chi connectivity index (χ1v) is 9.74. The van der Waals surface area contributed by atoms with Crippen molar-refractivity contribution >= 4 is 35.8 Å². The first-order chi connectivity index (χ1) is 13.4. The van der Waals surface area contributed by atoms with Gasteiger partial charge in [0.25, 0.3) is 0 Å². The molecule has 0 saturated heterocycles. The van der Waals surface area contributed by atoms with Gasteiger partial charge in [0.1, 0.15) is 0 Å². The number of nitrogens with one attached hydrogen (secondary N) is 3. The number of nitrogens with zero attached hydrogens (tertiary/aromatic N) is 1. The van der Waals surface area contributed by atoms with Crippen LogP contribution in [0, 0.1) is 5.41 Å². The predicted molar refractivity (Wildman–Crippen MR) is 132 cm³/mol. The largest absolute Gasteiger partial charge is 0.355 e. The zero-order valence-corrected chi connectivity index (χ0v) is 20.1. The fourth-order valence-electron chi connectivity index (χ4n) is 2.84. The number of carbonyl (C=O) groups is 1. The van der Waals surface area contributed by atoms with E-state index >= 15 is 0 Å². The summed E-state index contributed by atoms with van der Waals surface area (Å²) in [6, 6.07) is 20.9. The van der Waals surface area contributed by atoms with Crippen LogP contribution in [0.2, 0.25) is 0 Å². The number of rotatable bonds is 7. The van der Waals surface area contributed by atoms with Crippen molar-refractivity contribution in [3.63, 3.8) is 0 Å². The summed E-state index contributed by atoms with van der Waals surface area (Å²) in [6.45, 7) is 7.61. The molecule has 2 aromatic rings. The fourth-order valence-corrected chi connectivity index (χ4v) is 2.84. The Kier molecular flexibility index (Phi) is 10.7. The molecule has 0 aromatic heterocycles. The van der Waals surface area contributed by atoms with Crippen molar-refractivity contribution in [3.05, 3.63) is 71.8 Å². The number of halogens is 1. The summed E-state index contributed by atoms with van der Waals surface area (Å²) in [4.78, 5) is 16.2. The molecule has 0 aliphatic heterocycles. The highest BCUT2D eigenvalue weighted by atomic mass is 127. The molecule has 0 heterocycles. The minimum atomic E-state index is -0.376. The molecule has 0 bridgehead atoms. The van der Waals surface area contributed by atoms with Crippen LogP contribution in [0.3, 0.4) is 0 Å². The molecule has 0 aliphatic carbocycles. The van der Waals surface area contributed by atoms with Gasteiger partial charge in [-0.1, -0.05) is 81.4 Å². The molecule has 0 atom stereocenters. The predicted octanol–water partition coefficient (Wildman–Crippen LogP) is 3.76.